The molecule has 0 aliphatic rings. The van der Waals surface area contributed by atoms with Gasteiger partial charge in [-0.05, 0) is 37.5 Å². The van der Waals surface area contributed by atoms with Gasteiger partial charge in [0.2, 0.25) is 0 Å². The number of amides is 1. The zero-order chi connectivity index (χ0) is 16.7. The lowest BCUT2D eigenvalue weighted by Crippen LogP contribution is -2.14. The number of carbonyl (C=O) groups excluding carboxylic acids is 1. The predicted molar refractivity (Wildman–Crippen MR) is 86.9 cm³/mol. The molecule has 7 nitrogen and oxygen atoms in total. The van der Waals surface area contributed by atoms with Crippen LogP contribution in [0.2, 0.25) is 0 Å². The molecule has 0 fully saturated rings. The highest BCUT2D eigenvalue weighted by atomic mass is 16.5. The molecule has 0 bridgehead atoms. The summed E-state index contributed by atoms with van der Waals surface area (Å²) in [5.41, 5.74) is 13.6. The number of ether oxygens (including phenoxy) is 2. The monoisotopic (exact) mass is 318 g/mol. The second-order valence-electron chi connectivity index (χ2n) is 5.18. The summed E-state index contributed by atoms with van der Waals surface area (Å²) in [4.78, 5) is 10.5. The smallest absolute Gasteiger partial charge is 0.404 e. The van der Waals surface area contributed by atoms with Crippen LogP contribution in [0.1, 0.15) is 31.0 Å². The number of hydrogen-bond donors (Lipinski definition) is 3. The van der Waals surface area contributed by atoms with Crippen molar-refractivity contribution >= 4 is 6.09 Å². The Labute approximate surface area is 135 Å². The van der Waals surface area contributed by atoms with Crippen LogP contribution in [-0.2, 0) is 4.74 Å². The standard InChI is InChI=1S/C16H22N4O3/c1-22-15-8-3-2-6-11(15)13-10-14(20-19-13)12(17)7-4-5-9-23-16(18)21/h2-3,6,8,10,12H,4-5,7,9,17H2,1H3,(H2,18,21)(H,19,20). The Balaban J connectivity index is 1.92. The third-order valence-corrected chi connectivity index (χ3v) is 3.53. The lowest BCUT2D eigenvalue weighted by molar-refractivity contribution is 0.154. The largest absolute Gasteiger partial charge is 0.496 e. The molecular weight excluding hydrogens is 296 g/mol. The second-order valence-corrected chi connectivity index (χ2v) is 5.18. The van der Waals surface area contributed by atoms with E-state index < -0.39 is 6.09 Å². The van der Waals surface area contributed by atoms with E-state index in [1.54, 1.807) is 7.11 Å². The number of hydrogen-bond acceptors (Lipinski definition) is 5. The molecule has 5 N–H and O–H groups in total. The number of nitrogens with zero attached hydrogens (tertiary/aromatic N) is 1. The number of unbranched alkanes of at least 4 members (excludes halogenated alkanes) is 1. The molecular formula is C16H22N4O3. The molecule has 2 aromatic rings. The Kier molecular flexibility index (Phi) is 5.99. The first kappa shape index (κ1) is 16.8. The zero-order valence-electron chi connectivity index (χ0n) is 13.1. The molecule has 1 atom stereocenters. The number of aromatic nitrogens is 2. The first-order chi connectivity index (χ1) is 11.1. The molecule has 0 spiro atoms. The molecule has 1 aromatic heterocycles. The molecule has 1 unspecified atom stereocenters. The van der Waals surface area contributed by atoms with Gasteiger partial charge in [-0.2, -0.15) is 5.10 Å². The maximum atomic E-state index is 10.5. The Morgan fingerprint density at radius 2 is 2.13 bits per heavy atom. The Bertz CT molecular complexity index is 642. The fraction of sp³-hybridized carbons (Fsp3) is 0.375. The molecule has 124 valence electrons. The summed E-state index contributed by atoms with van der Waals surface area (Å²) < 4.78 is 10.0. The van der Waals surface area contributed by atoms with Crippen molar-refractivity contribution < 1.29 is 14.3 Å². The van der Waals surface area contributed by atoms with Gasteiger partial charge in [-0.1, -0.05) is 12.1 Å². The van der Waals surface area contributed by atoms with Crippen LogP contribution in [0.15, 0.2) is 30.3 Å². The quantitative estimate of drug-likeness (QED) is 0.646. The fourth-order valence-electron chi connectivity index (χ4n) is 2.32. The molecule has 0 radical (unpaired) electrons. The van der Waals surface area contributed by atoms with Crippen LogP contribution in [-0.4, -0.2) is 30.0 Å². The maximum absolute atomic E-state index is 10.5. The van der Waals surface area contributed by atoms with Crippen LogP contribution >= 0.6 is 0 Å². The summed E-state index contributed by atoms with van der Waals surface area (Å²) in [7, 11) is 1.63. The van der Waals surface area contributed by atoms with Crippen LogP contribution < -0.4 is 16.2 Å². The number of carbonyl (C=O) groups is 1. The van der Waals surface area contributed by atoms with Gasteiger partial charge in [0.25, 0.3) is 0 Å². The molecule has 0 saturated heterocycles. The summed E-state index contributed by atoms with van der Waals surface area (Å²) in [6.07, 6.45) is 1.57. The van der Waals surface area contributed by atoms with Gasteiger partial charge < -0.3 is 20.9 Å². The molecule has 7 heteroatoms. The Morgan fingerprint density at radius 1 is 1.35 bits per heavy atom. The molecule has 1 aromatic carbocycles. The lowest BCUT2D eigenvalue weighted by Gasteiger charge is -2.08. The highest BCUT2D eigenvalue weighted by Gasteiger charge is 2.13. The SMILES string of the molecule is COc1ccccc1-c1cc(C(N)CCCCOC(N)=O)[nH]n1. The molecule has 23 heavy (non-hydrogen) atoms. The van der Waals surface area contributed by atoms with Gasteiger partial charge in [0.1, 0.15) is 5.75 Å². The van der Waals surface area contributed by atoms with Gasteiger partial charge >= 0.3 is 6.09 Å². The van der Waals surface area contributed by atoms with Crippen LogP contribution in [0.3, 0.4) is 0 Å². The summed E-state index contributed by atoms with van der Waals surface area (Å²) in [6.45, 7) is 0.317. The summed E-state index contributed by atoms with van der Waals surface area (Å²) in [5.74, 6) is 0.766. The number of H-pyrrole nitrogens is 1. The van der Waals surface area contributed by atoms with E-state index in [1.165, 1.54) is 0 Å². The van der Waals surface area contributed by atoms with Crippen molar-refractivity contribution in [2.45, 2.75) is 25.3 Å². The van der Waals surface area contributed by atoms with E-state index in [-0.39, 0.29) is 6.04 Å². The van der Waals surface area contributed by atoms with Gasteiger partial charge in [0.05, 0.1) is 25.1 Å². The van der Waals surface area contributed by atoms with Crippen LogP contribution in [0.25, 0.3) is 11.3 Å². The number of para-hydroxylation sites is 1. The summed E-state index contributed by atoms with van der Waals surface area (Å²) >= 11 is 0. The van der Waals surface area contributed by atoms with E-state index >= 15 is 0 Å². The van der Waals surface area contributed by atoms with Gasteiger partial charge in [0, 0.05) is 11.6 Å². The van der Waals surface area contributed by atoms with Crippen molar-refractivity contribution in [3.8, 4) is 17.0 Å². The van der Waals surface area contributed by atoms with E-state index in [1.807, 2.05) is 30.3 Å². The first-order valence-electron chi connectivity index (χ1n) is 7.48. The van der Waals surface area contributed by atoms with Gasteiger partial charge in [0.15, 0.2) is 0 Å². The third-order valence-electron chi connectivity index (χ3n) is 3.53. The summed E-state index contributed by atoms with van der Waals surface area (Å²) in [5, 5.41) is 7.29. The highest BCUT2D eigenvalue weighted by Crippen LogP contribution is 2.29. The van der Waals surface area contributed by atoms with Crippen LogP contribution in [0.4, 0.5) is 4.79 Å². The Hall–Kier alpha value is -2.54. The third kappa shape index (κ3) is 4.72. The van der Waals surface area contributed by atoms with Crippen molar-refractivity contribution in [1.29, 1.82) is 0 Å². The second kappa shape index (κ2) is 8.19. The Morgan fingerprint density at radius 3 is 2.87 bits per heavy atom. The van der Waals surface area contributed by atoms with Crippen molar-refractivity contribution in [3.63, 3.8) is 0 Å². The number of methoxy groups -OCH3 is 1. The number of nitrogens with two attached hydrogens (primary N) is 2. The normalized spacial score (nSPS) is 11.9. The van der Waals surface area contributed by atoms with Crippen molar-refractivity contribution in [3.05, 3.63) is 36.0 Å². The van der Waals surface area contributed by atoms with E-state index in [0.29, 0.717) is 6.61 Å². The van der Waals surface area contributed by atoms with Crippen molar-refractivity contribution in [2.24, 2.45) is 11.5 Å². The minimum Gasteiger partial charge on any atom is -0.496 e. The molecule has 0 saturated carbocycles. The average molecular weight is 318 g/mol. The van der Waals surface area contributed by atoms with E-state index in [2.05, 4.69) is 14.9 Å². The van der Waals surface area contributed by atoms with Gasteiger partial charge in [-0.25, -0.2) is 4.79 Å². The highest BCUT2D eigenvalue weighted by molar-refractivity contribution is 5.67. The topological polar surface area (TPSA) is 116 Å². The molecule has 1 amide bonds. The number of rotatable bonds is 8. The van der Waals surface area contributed by atoms with Gasteiger partial charge in [-0.3, -0.25) is 5.10 Å². The minimum absolute atomic E-state index is 0.153. The van der Waals surface area contributed by atoms with E-state index in [9.17, 15) is 4.79 Å². The van der Waals surface area contributed by atoms with Crippen LogP contribution in [0, 0.1) is 0 Å². The van der Waals surface area contributed by atoms with Crippen molar-refractivity contribution in [2.75, 3.05) is 13.7 Å². The molecule has 0 aliphatic heterocycles. The van der Waals surface area contributed by atoms with E-state index in [0.717, 1.165) is 42.0 Å². The number of aromatic amines is 1. The average Bonchev–Trinajstić information content (AvgIpc) is 3.04. The maximum Gasteiger partial charge on any atom is 0.404 e. The molecule has 1 heterocycles. The van der Waals surface area contributed by atoms with E-state index in [4.69, 9.17) is 16.2 Å². The first-order valence-corrected chi connectivity index (χ1v) is 7.48. The summed E-state index contributed by atoms with van der Waals surface area (Å²) in [6, 6.07) is 9.47. The van der Waals surface area contributed by atoms with Crippen LogP contribution in [0.5, 0.6) is 5.75 Å². The lowest BCUT2D eigenvalue weighted by atomic mass is 10.1. The predicted octanol–water partition coefficient (Wildman–Crippen LogP) is 2.35. The minimum atomic E-state index is -0.746. The number of benzene rings is 1. The number of primary amides is 1. The molecule has 2 rings (SSSR count). The van der Waals surface area contributed by atoms with Gasteiger partial charge in [-0.15, -0.1) is 0 Å². The fourth-order valence-corrected chi connectivity index (χ4v) is 2.32. The molecule has 0 aliphatic carbocycles. The zero-order valence-corrected chi connectivity index (χ0v) is 13.1. The van der Waals surface area contributed by atoms with Crippen molar-refractivity contribution in [1.82, 2.24) is 10.2 Å². The number of nitrogens with one attached hydrogen (secondary N) is 1.